The van der Waals surface area contributed by atoms with E-state index in [-0.39, 0.29) is 5.91 Å². The van der Waals surface area contributed by atoms with Crippen LogP contribution in [0.1, 0.15) is 15.9 Å². The zero-order chi connectivity index (χ0) is 15.4. The molecule has 1 amide bonds. The first kappa shape index (κ1) is 16.5. The number of ether oxygens (including phenoxy) is 1. The molecule has 2 rings (SSSR count). The third-order valence-corrected chi connectivity index (χ3v) is 4.50. The Morgan fingerprint density at radius 1 is 1.24 bits per heavy atom. The molecule has 21 heavy (non-hydrogen) atoms. The predicted molar refractivity (Wildman–Crippen MR) is 92.0 cm³/mol. The lowest BCUT2D eigenvalue weighted by Crippen LogP contribution is -2.14. The van der Waals surface area contributed by atoms with Crippen LogP contribution in [0.5, 0.6) is 0 Å². The molecule has 1 N–H and O–H groups in total. The average Bonchev–Trinajstić information content (AvgIpc) is 2.45. The third-order valence-electron chi connectivity index (χ3n) is 2.83. The van der Waals surface area contributed by atoms with Crippen LogP contribution in [0.25, 0.3) is 0 Å². The maximum atomic E-state index is 12.4. The largest absolute Gasteiger partial charge is 0.380 e. The van der Waals surface area contributed by atoms with Crippen molar-refractivity contribution in [2.24, 2.45) is 0 Å². The normalized spacial score (nSPS) is 10.5. The Bertz CT molecular complexity index is 677. The topological polar surface area (TPSA) is 38.3 Å². The zero-order valence-electron chi connectivity index (χ0n) is 11.1. The van der Waals surface area contributed by atoms with E-state index in [9.17, 15) is 4.79 Å². The lowest BCUT2D eigenvalue weighted by atomic mass is 10.1. The van der Waals surface area contributed by atoms with Crippen LogP contribution in [0.4, 0.5) is 5.69 Å². The minimum atomic E-state index is -0.236. The number of hydrogen-bond acceptors (Lipinski definition) is 2. The van der Waals surface area contributed by atoms with Crippen molar-refractivity contribution in [1.82, 2.24) is 0 Å². The monoisotopic (exact) mass is 431 g/mol. The number of nitrogens with one attached hydrogen (secondary N) is 1. The van der Waals surface area contributed by atoms with Gasteiger partial charge in [-0.3, -0.25) is 4.79 Å². The number of methoxy groups -OCH3 is 1. The summed E-state index contributed by atoms with van der Waals surface area (Å²) < 4.78 is 6.74. The molecule has 2 aromatic carbocycles. The lowest BCUT2D eigenvalue weighted by Gasteiger charge is -2.13. The molecule has 0 aromatic heterocycles. The van der Waals surface area contributed by atoms with Crippen LogP contribution in [0, 0.1) is 0 Å². The first-order valence-corrected chi connectivity index (χ1v) is 8.02. The molecule has 2 aromatic rings. The number of benzene rings is 2. The van der Waals surface area contributed by atoms with E-state index in [0.717, 1.165) is 10.0 Å². The van der Waals surface area contributed by atoms with Gasteiger partial charge >= 0.3 is 0 Å². The summed E-state index contributed by atoms with van der Waals surface area (Å²) in [6, 6.07) is 10.7. The van der Waals surface area contributed by atoms with Crippen LogP contribution in [0.3, 0.4) is 0 Å². The molecule has 0 unspecified atom stereocenters. The predicted octanol–water partition coefficient (Wildman–Crippen LogP) is 5.26. The summed E-state index contributed by atoms with van der Waals surface area (Å²) in [7, 11) is 1.61. The molecule has 0 radical (unpaired) electrons. The Hall–Kier alpha value is -0.880. The van der Waals surface area contributed by atoms with Gasteiger partial charge in [-0.2, -0.15) is 0 Å². The molecule has 6 heteroatoms. The molecule has 0 bridgehead atoms. The molecule has 0 aliphatic carbocycles. The van der Waals surface area contributed by atoms with Crippen molar-refractivity contribution in [3.8, 4) is 0 Å². The third kappa shape index (κ3) is 4.07. The molecule has 3 nitrogen and oxygen atoms in total. The Kier molecular flexibility index (Phi) is 5.81. The summed E-state index contributed by atoms with van der Waals surface area (Å²) >= 11 is 12.8. The lowest BCUT2D eigenvalue weighted by molar-refractivity contribution is 0.102. The summed E-state index contributed by atoms with van der Waals surface area (Å²) in [5.74, 6) is -0.236. The minimum Gasteiger partial charge on any atom is -0.380 e. The first-order valence-electron chi connectivity index (χ1n) is 6.05. The number of carbonyl (C=O) groups excluding carboxylic acids is 1. The van der Waals surface area contributed by atoms with Gasteiger partial charge in [0.05, 0.1) is 12.2 Å². The van der Waals surface area contributed by atoms with Crippen molar-refractivity contribution in [2.45, 2.75) is 6.61 Å². The van der Waals surface area contributed by atoms with Gasteiger partial charge in [-0.05, 0) is 46.3 Å². The Morgan fingerprint density at radius 2 is 2.00 bits per heavy atom. The molecule has 0 atom stereocenters. The fourth-order valence-electron chi connectivity index (χ4n) is 1.83. The van der Waals surface area contributed by atoms with Crippen LogP contribution >= 0.6 is 43.5 Å². The van der Waals surface area contributed by atoms with Crippen molar-refractivity contribution < 1.29 is 9.53 Å². The highest BCUT2D eigenvalue weighted by Gasteiger charge is 2.14. The summed E-state index contributed by atoms with van der Waals surface area (Å²) in [6.45, 7) is 0.397. The maximum absolute atomic E-state index is 12.4. The highest BCUT2D eigenvalue weighted by atomic mass is 79.9. The molecule has 0 heterocycles. The first-order chi connectivity index (χ1) is 10.0. The van der Waals surface area contributed by atoms with E-state index in [1.807, 2.05) is 18.2 Å². The minimum absolute atomic E-state index is 0.236. The second-order valence-electron chi connectivity index (χ2n) is 4.28. The summed E-state index contributed by atoms with van der Waals surface area (Å²) in [4.78, 5) is 12.4. The number of carbonyl (C=O) groups is 1. The number of rotatable bonds is 4. The van der Waals surface area contributed by atoms with Gasteiger partial charge < -0.3 is 10.1 Å². The van der Waals surface area contributed by atoms with E-state index >= 15 is 0 Å². The Labute approximate surface area is 144 Å². The molecule has 110 valence electrons. The standard InChI is InChI=1S/C15H12Br2ClNO2/c1-21-8-11-12(16)3-2-4-14(11)19-15(20)10-7-9(18)5-6-13(10)17/h2-7H,8H2,1H3,(H,19,20). The van der Waals surface area contributed by atoms with E-state index in [4.69, 9.17) is 16.3 Å². The van der Waals surface area contributed by atoms with Crippen LogP contribution in [0.15, 0.2) is 45.3 Å². The van der Waals surface area contributed by atoms with Gasteiger partial charge in [-0.1, -0.05) is 33.6 Å². The van der Waals surface area contributed by atoms with Crippen molar-refractivity contribution in [3.05, 3.63) is 61.5 Å². The highest BCUT2D eigenvalue weighted by Crippen LogP contribution is 2.27. The van der Waals surface area contributed by atoms with Crippen molar-refractivity contribution >= 4 is 55.1 Å². The molecular weight excluding hydrogens is 421 g/mol. The zero-order valence-corrected chi connectivity index (χ0v) is 15.0. The van der Waals surface area contributed by atoms with Gasteiger partial charge in [0, 0.05) is 32.3 Å². The fraction of sp³-hybridized carbons (Fsp3) is 0.133. The molecule has 0 aliphatic heterocycles. The van der Waals surface area contributed by atoms with Gasteiger partial charge in [0.15, 0.2) is 0 Å². The number of halogens is 3. The second-order valence-corrected chi connectivity index (χ2v) is 6.42. The maximum Gasteiger partial charge on any atom is 0.256 e. The van der Waals surface area contributed by atoms with Crippen LogP contribution < -0.4 is 5.32 Å². The van der Waals surface area contributed by atoms with Crippen molar-refractivity contribution in [2.75, 3.05) is 12.4 Å². The van der Waals surface area contributed by atoms with Crippen LogP contribution in [-0.4, -0.2) is 13.0 Å². The quantitative estimate of drug-likeness (QED) is 0.714. The molecular formula is C15H12Br2ClNO2. The molecule has 0 aliphatic rings. The summed E-state index contributed by atoms with van der Waals surface area (Å²) in [5.41, 5.74) is 2.06. The summed E-state index contributed by atoms with van der Waals surface area (Å²) in [5, 5.41) is 3.39. The van der Waals surface area contributed by atoms with E-state index in [0.29, 0.717) is 27.4 Å². The van der Waals surface area contributed by atoms with Gasteiger partial charge in [0.2, 0.25) is 0 Å². The van der Waals surface area contributed by atoms with E-state index in [1.54, 1.807) is 25.3 Å². The fourth-order valence-corrected chi connectivity index (χ4v) is 2.91. The average molecular weight is 434 g/mol. The van der Waals surface area contributed by atoms with E-state index in [2.05, 4.69) is 37.2 Å². The van der Waals surface area contributed by atoms with Gasteiger partial charge in [-0.15, -0.1) is 0 Å². The Balaban J connectivity index is 2.31. The highest BCUT2D eigenvalue weighted by molar-refractivity contribution is 9.10. The molecule has 0 saturated heterocycles. The Morgan fingerprint density at radius 3 is 2.71 bits per heavy atom. The van der Waals surface area contributed by atoms with Gasteiger partial charge in [0.25, 0.3) is 5.91 Å². The second kappa shape index (κ2) is 7.40. The summed E-state index contributed by atoms with van der Waals surface area (Å²) in [6.07, 6.45) is 0. The van der Waals surface area contributed by atoms with Crippen LogP contribution in [-0.2, 0) is 11.3 Å². The van der Waals surface area contributed by atoms with Gasteiger partial charge in [0.1, 0.15) is 0 Å². The molecule has 0 fully saturated rings. The number of hydrogen-bond donors (Lipinski definition) is 1. The smallest absolute Gasteiger partial charge is 0.256 e. The van der Waals surface area contributed by atoms with Crippen molar-refractivity contribution in [1.29, 1.82) is 0 Å². The SMILES string of the molecule is COCc1c(Br)cccc1NC(=O)c1cc(Cl)ccc1Br. The molecule has 0 spiro atoms. The van der Waals surface area contributed by atoms with Gasteiger partial charge in [-0.25, -0.2) is 0 Å². The molecule has 0 saturated carbocycles. The van der Waals surface area contributed by atoms with E-state index < -0.39 is 0 Å². The number of anilines is 1. The van der Waals surface area contributed by atoms with E-state index in [1.165, 1.54) is 0 Å². The van der Waals surface area contributed by atoms with Crippen molar-refractivity contribution in [3.63, 3.8) is 0 Å². The van der Waals surface area contributed by atoms with Crippen LogP contribution in [0.2, 0.25) is 5.02 Å². The number of amides is 1.